The number of hydrogen-bond acceptors (Lipinski definition) is 7. The summed E-state index contributed by atoms with van der Waals surface area (Å²) in [6.45, 7) is 3.53. The molecule has 186 valence electrons. The standard InChI is InChI=1S/C26H25N3O6S/c1-16-7-12-23(17(2)15-16)36(34,35)19-10-8-18(9-11-19)24(30)21(26(32)33)13-14-29-25(31)20-5-3-4-6-22(20)27-28-29/h3-12,15,21,24,30H,13-14H2,1-2H3,(H,32,33)/t21-,24+/m0/s1. The number of aryl methyl sites for hydroxylation is 3. The third-order valence-electron chi connectivity index (χ3n) is 6.13. The van der Waals surface area contributed by atoms with Crippen LogP contribution in [-0.2, 0) is 21.2 Å². The van der Waals surface area contributed by atoms with E-state index >= 15 is 0 Å². The Morgan fingerprint density at radius 3 is 2.39 bits per heavy atom. The zero-order chi connectivity index (χ0) is 26.0. The Balaban J connectivity index is 1.54. The second-order valence-corrected chi connectivity index (χ2v) is 10.6. The van der Waals surface area contributed by atoms with Gasteiger partial charge in [0, 0.05) is 6.54 Å². The summed E-state index contributed by atoms with van der Waals surface area (Å²) in [6.07, 6.45) is -1.52. The average molecular weight is 508 g/mol. The molecule has 0 unspecified atom stereocenters. The minimum absolute atomic E-state index is 0.0373. The summed E-state index contributed by atoms with van der Waals surface area (Å²) in [4.78, 5) is 24.8. The molecule has 0 saturated heterocycles. The van der Waals surface area contributed by atoms with E-state index < -0.39 is 33.4 Å². The molecule has 10 heteroatoms. The Bertz CT molecular complexity index is 1600. The van der Waals surface area contributed by atoms with Crippen LogP contribution in [0.25, 0.3) is 10.9 Å². The van der Waals surface area contributed by atoms with Gasteiger partial charge >= 0.3 is 5.97 Å². The third kappa shape index (κ3) is 4.91. The molecule has 1 aromatic heterocycles. The Morgan fingerprint density at radius 2 is 1.72 bits per heavy atom. The third-order valence-corrected chi connectivity index (χ3v) is 8.06. The summed E-state index contributed by atoms with van der Waals surface area (Å²) in [5.41, 5.74) is 1.85. The van der Waals surface area contributed by atoms with Gasteiger partial charge in [0.1, 0.15) is 5.52 Å². The van der Waals surface area contributed by atoms with Crippen molar-refractivity contribution in [2.45, 2.75) is 42.7 Å². The lowest BCUT2D eigenvalue weighted by Gasteiger charge is -2.20. The lowest BCUT2D eigenvalue weighted by Crippen LogP contribution is -2.29. The van der Waals surface area contributed by atoms with Gasteiger partial charge in [-0.3, -0.25) is 9.59 Å². The fraction of sp³-hybridized carbons (Fsp3) is 0.231. The minimum Gasteiger partial charge on any atom is -0.481 e. The van der Waals surface area contributed by atoms with E-state index in [-0.39, 0.29) is 28.3 Å². The molecule has 4 aromatic rings. The first-order valence-corrected chi connectivity index (χ1v) is 12.7. The maximum atomic E-state index is 13.1. The molecule has 0 radical (unpaired) electrons. The molecule has 0 saturated carbocycles. The summed E-state index contributed by atoms with van der Waals surface area (Å²) >= 11 is 0. The van der Waals surface area contributed by atoms with Crippen molar-refractivity contribution < 1.29 is 23.4 Å². The van der Waals surface area contributed by atoms with E-state index in [2.05, 4.69) is 10.3 Å². The maximum Gasteiger partial charge on any atom is 0.309 e. The fourth-order valence-corrected chi connectivity index (χ4v) is 5.63. The molecular formula is C26H25N3O6S. The predicted octanol–water partition coefficient (Wildman–Crippen LogP) is 3.07. The first-order valence-electron chi connectivity index (χ1n) is 11.3. The molecule has 0 amide bonds. The first-order chi connectivity index (χ1) is 17.1. The second-order valence-electron chi connectivity index (χ2n) is 8.65. The first kappa shape index (κ1) is 25.2. The lowest BCUT2D eigenvalue weighted by atomic mass is 9.93. The number of hydrogen-bond donors (Lipinski definition) is 2. The molecule has 0 aliphatic heterocycles. The SMILES string of the molecule is Cc1ccc(S(=O)(=O)c2ccc([C@@H](O)[C@H](CCn3nnc4ccccc4c3=O)C(=O)O)cc2)c(C)c1. The van der Waals surface area contributed by atoms with Crippen molar-refractivity contribution in [1.82, 2.24) is 15.0 Å². The highest BCUT2D eigenvalue weighted by atomic mass is 32.2. The van der Waals surface area contributed by atoms with Crippen molar-refractivity contribution in [3.05, 3.63) is 93.8 Å². The van der Waals surface area contributed by atoms with Gasteiger partial charge < -0.3 is 10.2 Å². The summed E-state index contributed by atoms with van der Waals surface area (Å²) in [5.74, 6) is -2.51. The van der Waals surface area contributed by atoms with Crippen LogP contribution in [0.5, 0.6) is 0 Å². The van der Waals surface area contributed by atoms with E-state index in [1.165, 1.54) is 24.3 Å². The normalized spacial score (nSPS) is 13.4. The number of aliphatic hydroxyl groups is 1. The van der Waals surface area contributed by atoms with E-state index in [4.69, 9.17) is 0 Å². The molecule has 36 heavy (non-hydrogen) atoms. The smallest absolute Gasteiger partial charge is 0.309 e. The van der Waals surface area contributed by atoms with Crippen LogP contribution >= 0.6 is 0 Å². The van der Waals surface area contributed by atoms with Crippen molar-refractivity contribution in [2.75, 3.05) is 0 Å². The molecule has 0 bridgehead atoms. The van der Waals surface area contributed by atoms with Gasteiger partial charge in [-0.2, -0.15) is 0 Å². The number of benzene rings is 3. The van der Waals surface area contributed by atoms with Crippen LogP contribution in [0.1, 0.15) is 29.2 Å². The summed E-state index contributed by atoms with van der Waals surface area (Å²) in [5, 5.41) is 28.7. The van der Waals surface area contributed by atoms with Gasteiger partial charge in [0.15, 0.2) is 0 Å². The molecule has 2 N–H and O–H groups in total. The number of aliphatic hydroxyl groups excluding tert-OH is 1. The van der Waals surface area contributed by atoms with Crippen molar-refractivity contribution in [2.24, 2.45) is 5.92 Å². The van der Waals surface area contributed by atoms with Gasteiger partial charge in [0.05, 0.1) is 27.2 Å². The number of carbonyl (C=O) groups is 1. The van der Waals surface area contributed by atoms with Crippen LogP contribution in [0.3, 0.4) is 0 Å². The zero-order valence-electron chi connectivity index (χ0n) is 19.7. The Labute approximate surface area is 207 Å². The number of sulfone groups is 1. The number of rotatable bonds is 8. The topological polar surface area (TPSA) is 139 Å². The summed E-state index contributed by atoms with van der Waals surface area (Å²) in [7, 11) is -3.79. The van der Waals surface area contributed by atoms with Gasteiger partial charge in [0.2, 0.25) is 9.84 Å². The van der Waals surface area contributed by atoms with E-state index in [0.717, 1.165) is 10.2 Å². The molecule has 9 nitrogen and oxygen atoms in total. The quantitative estimate of drug-likeness (QED) is 0.371. The lowest BCUT2D eigenvalue weighted by molar-refractivity contribution is -0.146. The van der Waals surface area contributed by atoms with Gasteiger partial charge in [-0.15, -0.1) is 5.10 Å². The Morgan fingerprint density at radius 1 is 1.03 bits per heavy atom. The molecule has 4 rings (SSSR count). The number of fused-ring (bicyclic) bond motifs is 1. The van der Waals surface area contributed by atoms with E-state index in [1.807, 2.05) is 6.92 Å². The molecule has 0 fully saturated rings. The number of aromatic nitrogens is 3. The van der Waals surface area contributed by atoms with E-state index in [0.29, 0.717) is 16.5 Å². The highest BCUT2D eigenvalue weighted by Crippen LogP contribution is 2.29. The number of aliphatic carboxylic acids is 1. The van der Waals surface area contributed by atoms with Gasteiger partial charge in [-0.05, 0) is 61.7 Å². The largest absolute Gasteiger partial charge is 0.481 e. The predicted molar refractivity (Wildman–Crippen MR) is 132 cm³/mol. The Hall–Kier alpha value is -3.89. The van der Waals surface area contributed by atoms with Crippen molar-refractivity contribution in [1.29, 1.82) is 0 Å². The second kappa shape index (κ2) is 10.00. The maximum absolute atomic E-state index is 13.1. The van der Waals surface area contributed by atoms with Crippen molar-refractivity contribution >= 4 is 26.7 Å². The van der Waals surface area contributed by atoms with Crippen molar-refractivity contribution in [3.8, 4) is 0 Å². The average Bonchev–Trinajstić information content (AvgIpc) is 2.85. The molecule has 3 aromatic carbocycles. The van der Waals surface area contributed by atoms with Gasteiger partial charge in [-0.1, -0.05) is 47.2 Å². The summed E-state index contributed by atoms with van der Waals surface area (Å²) in [6, 6.07) is 17.3. The minimum atomic E-state index is -3.79. The number of carboxylic acids is 1. The Kier molecular flexibility index (Phi) is 7.00. The van der Waals surface area contributed by atoms with E-state index in [1.54, 1.807) is 49.4 Å². The van der Waals surface area contributed by atoms with Crippen molar-refractivity contribution in [3.63, 3.8) is 0 Å². The number of carboxylic acid groups (broad SMARTS) is 1. The van der Waals surface area contributed by atoms with Crippen LogP contribution < -0.4 is 5.56 Å². The fourth-order valence-electron chi connectivity index (χ4n) is 4.15. The zero-order valence-corrected chi connectivity index (χ0v) is 20.5. The molecule has 1 heterocycles. The number of nitrogens with zero attached hydrogens (tertiary/aromatic N) is 3. The van der Waals surface area contributed by atoms with Crippen LogP contribution in [0.2, 0.25) is 0 Å². The van der Waals surface area contributed by atoms with Crippen LogP contribution in [-0.4, -0.2) is 39.6 Å². The monoisotopic (exact) mass is 507 g/mol. The molecule has 0 aliphatic carbocycles. The van der Waals surface area contributed by atoms with E-state index in [9.17, 15) is 28.2 Å². The van der Waals surface area contributed by atoms with Gasteiger partial charge in [-0.25, -0.2) is 13.1 Å². The highest BCUT2D eigenvalue weighted by molar-refractivity contribution is 7.91. The molecule has 0 aliphatic rings. The van der Waals surface area contributed by atoms with Crippen LogP contribution in [0.15, 0.2) is 81.3 Å². The van der Waals surface area contributed by atoms with Crippen LogP contribution in [0.4, 0.5) is 0 Å². The van der Waals surface area contributed by atoms with Gasteiger partial charge in [0.25, 0.3) is 5.56 Å². The summed E-state index contributed by atoms with van der Waals surface area (Å²) < 4.78 is 27.2. The highest BCUT2D eigenvalue weighted by Gasteiger charge is 2.29. The van der Waals surface area contributed by atoms with Crippen LogP contribution in [0, 0.1) is 19.8 Å². The molecule has 0 spiro atoms. The molecule has 2 atom stereocenters. The molecular weight excluding hydrogens is 482 g/mol.